The molecule has 0 aliphatic heterocycles. The third-order valence-corrected chi connectivity index (χ3v) is 3.02. The molecule has 0 saturated carbocycles. The fourth-order valence-electron chi connectivity index (χ4n) is 1.78. The largest absolute Gasteiger partial charge is 0.357 e. The average molecular weight is 277 g/mol. The molecule has 1 aromatic rings. The van der Waals surface area contributed by atoms with Crippen molar-refractivity contribution in [2.24, 2.45) is 4.99 Å². The standard InChI is InChI=1S/C16H24FN3/c1-5-11-19-15(18-6-2)20-12-16(3,4)13-7-9-14(17)10-8-13/h5,7-10H,1,6,11-12H2,2-4H3,(H2,18,19,20). The fourth-order valence-corrected chi connectivity index (χ4v) is 1.78. The van der Waals surface area contributed by atoms with E-state index in [0.29, 0.717) is 13.1 Å². The minimum absolute atomic E-state index is 0.149. The Bertz CT molecular complexity index is 449. The summed E-state index contributed by atoms with van der Waals surface area (Å²) in [6.07, 6.45) is 1.79. The first-order valence-corrected chi connectivity index (χ1v) is 6.88. The van der Waals surface area contributed by atoms with Gasteiger partial charge in [0.05, 0.1) is 6.54 Å². The molecule has 0 aromatic heterocycles. The number of halogens is 1. The molecule has 0 spiro atoms. The lowest BCUT2D eigenvalue weighted by atomic mass is 9.85. The van der Waals surface area contributed by atoms with Crippen LogP contribution < -0.4 is 10.6 Å². The van der Waals surface area contributed by atoms with Crippen LogP contribution in [0.2, 0.25) is 0 Å². The third kappa shape index (κ3) is 5.03. The van der Waals surface area contributed by atoms with E-state index in [-0.39, 0.29) is 11.2 Å². The zero-order chi connectivity index (χ0) is 15.0. The first-order chi connectivity index (χ1) is 9.49. The van der Waals surface area contributed by atoms with Crippen LogP contribution in [0.4, 0.5) is 4.39 Å². The molecule has 0 bridgehead atoms. The number of benzene rings is 1. The van der Waals surface area contributed by atoms with Gasteiger partial charge in [-0.3, -0.25) is 4.99 Å². The quantitative estimate of drug-likeness (QED) is 0.476. The second-order valence-corrected chi connectivity index (χ2v) is 5.26. The van der Waals surface area contributed by atoms with Gasteiger partial charge < -0.3 is 10.6 Å². The molecule has 0 fully saturated rings. The summed E-state index contributed by atoms with van der Waals surface area (Å²) in [6, 6.07) is 6.60. The van der Waals surface area contributed by atoms with Gasteiger partial charge >= 0.3 is 0 Å². The summed E-state index contributed by atoms with van der Waals surface area (Å²) >= 11 is 0. The van der Waals surface area contributed by atoms with E-state index in [1.54, 1.807) is 6.08 Å². The van der Waals surface area contributed by atoms with Gasteiger partial charge in [-0.2, -0.15) is 0 Å². The highest BCUT2D eigenvalue weighted by Gasteiger charge is 2.20. The summed E-state index contributed by atoms with van der Waals surface area (Å²) in [5.41, 5.74) is 0.923. The van der Waals surface area contributed by atoms with E-state index < -0.39 is 0 Å². The lowest BCUT2D eigenvalue weighted by Gasteiger charge is -2.23. The lowest BCUT2D eigenvalue weighted by Crippen LogP contribution is -2.38. The van der Waals surface area contributed by atoms with Gasteiger partial charge in [0.25, 0.3) is 0 Å². The molecule has 110 valence electrons. The van der Waals surface area contributed by atoms with E-state index in [1.165, 1.54) is 12.1 Å². The monoisotopic (exact) mass is 277 g/mol. The number of hydrogen-bond donors (Lipinski definition) is 2. The van der Waals surface area contributed by atoms with Gasteiger partial charge in [-0.25, -0.2) is 4.39 Å². The van der Waals surface area contributed by atoms with Crippen molar-refractivity contribution in [3.8, 4) is 0 Å². The molecular weight excluding hydrogens is 253 g/mol. The van der Waals surface area contributed by atoms with Crippen molar-refractivity contribution in [3.05, 3.63) is 48.3 Å². The number of aliphatic imine (C=N–C) groups is 1. The average Bonchev–Trinajstić information content (AvgIpc) is 2.42. The Hall–Kier alpha value is -1.84. The van der Waals surface area contributed by atoms with E-state index in [9.17, 15) is 4.39 Å². The molecule has 0 aliphatic carbocycles. The summed E-state index contributed by atoms with van der Waals surface area (Å²) in [7, 11) is 0. The maximum atomic E-state index is 13.0. The van der Waals surface area contributed by atoms with Gasteiger partial charge in [-0.05, 0) is 24.6 Å². The predicted molar refractivity (Wildman–Crippen MR) is 83.6 cm³/mol. The molecule has 20 heavy (non-hydrogen) atoms. The fraction of sp³-hybridized carbons (Fsp3) is 0.438. The summed E-state index contributed by atoms with van der Waals surface area (Å²) in [4.78, 5) is 4.57. The molecule has 2 N–H and O–H groups in total. The second-order valence-electron chi connectivity index (χ2n) is 5.26. The molecule has 0 atom stereocenters. The minimum Gasteiger partial charge on any atom is -0.357 e. The Morgan fingerprint density at radius 1 is 1.30 bits per heavy atom. The SMILES string of the molecule is C=CCNC(=NCC(C)(C)c1ccc(F)cc1)NCC. The van der Waals surface area contributed by atoms with Gasteiger partial charge in [0.1, 0.15) is 5.82 Å². The van der Waals surface area contributed by atoms with Crippen molar-refractivity contribution in [2.45, 2.75) is 26.2 Å². The van der Waals surface area contributed by atoms with E-state index in [0.717, 1.165) is 18.1 Å². The van der Waals surface area contributed by atoms with Gasteiger partial charge in [0, 0.05) is 18.5 Å². The summed E-state index contributed by atoms with van der Waals surface area (Å²) < 4.78 is 13.0. The number of rotatable bonds is 6. The lowest BCUT2D eigenvalue weighted by molar-refractivity contribution is 0.535. The molecule has 0 aliphatic rings. The van der Waals surface area contributed by atoms with E-state index in [1.807, 2.05) is 19.1 Å². The Morgan fingerprint density at radius 2 is 1.95 bits per heavy atom. The maximum Gasteiger partial charge on any atom is 0.191 e. The first kappa shape index (κ1) is 16.2. The molecule has 0 saturated heterocycles. The molecule has 0 heterocycles. The van der Waals surface area contributed by atoms with E-state index in [2.05, 4.69) is 36.1 Å². The zero-order valence-corrected chi connectivity index (χ0v) is 12.5. The molecule has 4 heteroatoms. The normalized spacial score (nSPS) is 12.1. The van der Waals surface area contributed by atoms with Crippen LogP contribution in [0.25, 0.3) is 0 Å². The van der Waals surface area contributed by atoms with Crippen molar-refractivity contribution in [2.75, 3.05) is 19.6 Å². The Kier molecular flexibility index (Phi) is 6.22. The number of nitrogens with one attached hydrogen (secondary N) is 2. The Balaban J connectivity index is 2.76. The highest BCUT2D eigenvalue weighted by Crippen LogP contribution is 2.23. The van der Waals surface area contributed by atoms with Gasteiger partial charge in [-0.15, -0.1) is 6.58 Å². The molecule has 1 rings (SSSR count). The molecule has 3 nitrogen and oxygen atoms in total. The highest BCUT2D eigenvalue weighted by atomic mass is 19.1. The molecule has 0 amide bonds. The summed E-state index contributed by atoms with van der Waals surface area (Å²) in [5, 5.41) is 6.35. The van der Waals surface area contributed by atoms with Crippen molar-refractivity contribution in [3.63, 3.8) is 0 Å². The number of guanidine groups is 1. The van der Waals surface area contributed by atoms with Gasteiger partial charge in [0.15, 0.2) is 5.96 Å². The molecular formula is C16H24FN3. The van der Waals surface area contributed by atoms with Crippen LogP contribution in [-0.4, -0.2) is 25.6 Å². The molecule has 1 aromatic carbocycles. The van der Waals surface area contributed by atoms with Crippen LogP contribution in [0.3, 0.4) is 0 Å². The maximum absolute atomic E-state index is 13.0. The number of hydrogen-bond acceptors (Lipinski definition) is 1. The first-order valence-electron chi connectivity index (χ1n) is 6.88. The van der Waals surface area contributed by atoms with Crippen molar-refractivity contribution in [1.82, 2.24) is 10.6 Å². The van der Waals surface area contributed by atoms with E-state index in [4.69, 9.17) is 0 Å². The van der Waals surface area contributed by atoms with Crippen LogP contribution in [0.15, 0.2) is 41.9 Å². The predicted octanol–water partition coefficient (Wildman–Crippen LogP) is 2.84. The van der Waals surface area contributed by atoms with Crippen molar-refractivity contribution < 1.29 is 4.39 Å². The Morgan fingerprint density at radius 3 is 2.50 bits per heavy atom. The van der Waals surface area contributed by atoms with Crippen molar-refractivity contribution >= 4 is 5.96 Å². The number of nitrogens with zero attached hydrogens (tertiary/aromatic N) is 1. The Labute approximate surface area is 121 Å². The highest BCUT2D eigenvalue weighted by molar-refractivity contribution is 5.79. The van der Waals surface area contributed by atoms with Crippen LogP contribution in [-0.2, 0) is 5.41 Å². The van der Waals surface area contributed by atoms with Crippen LogP contribution in [0.1, 0.15) is 26.3 Å². The molecule has 0 unspecified atom stereocenters. The van der Waals surface area contributed by atoms with Crippen molar-refractivity contribution in [1.29, 1.82) is 0 Å². The van der Waals surface area contributed by atoms with Gasteiger partial charge in [-0.1, -0.05) is 32.1 Å². The van der Waals surface area contributed by atoms with Crippen LogP contribution in [0, 0.1) is 5.82 Å². The summed E-state index contributed by atoms with van der Waals surface area (Å²) in [6.45, 7) is 12.0. The third-order valence-electron chi connectivity index (χ3n) is 3.02. The van der Waals surface area contributed by atoms with Crippen LogP contribution >= 0.6 is 0 Å². The van der Waals surface area contributed by atoms with Gasteiger partial charge in [0.2, 0.25) is 0 Å². The van der Waals surface area contributed by atoms with E-state index >= 15 is 0 Å². The summed E-state index contributed by atoms with van der Waals surface area (Å²) in [5.74, 6) is 0.552. The minimum atomic E-state index is -0.214. The van der Waals surface area contributed by atoms with Crippen LogP contribution in [0.5, 0.6) is 0 Å². The zero-order valence-electron chi connectivity index (χ0n) is 12.5. The topological polar surface area (TPSA) is 36.4 Å². The smallest absolute Gasteiger partial charge is 0.191 e. The second kappa shape index (κ2) is 7.68. The molecule has 0 radical (unpaired) electrons.